The lowest BCUT2D eigenvalue weighted by Crippen LogP contribution is -2.29. The Kier molecular flexibility index (Phi) is 8.17. The number of fused-ring (bicyclic) bond motifs is 1. The van der Waals surface area contributed by atoms with Crippen LogP contribution in [-0.2, 0) is 0 Å². The van der Waals surface area contributed by atoms with E-state index in [1.807, 2.05) is 0 Å². The molecule has 0 radical (unpaired) electrons. The highest BCUT2D eigenvalue weighted by Crippen LogP contribution is 2.27. The molecule has 2 aromatic heterocycles. The number of anilines is 1. The summed E-state index contributed by atoms with van der Waals surface area (Å²) in [4.78, 5) is 48.6. The van der Waals surface area contributed by atoms with Crippen molar-refractivity contribution < 1.29 is 14.3 Å². The lowest BCUT2D eigenvalue weighted by atomic mass is 9.83. The predicted octanol–water partition coefficient (Wildman–Crippen LogP) is 3.26. The minimum Gasteiger partial charge on any atom is -0.467 e. The molecule has 0 aliphatic heterocycles. The summed E-state index contributed by atoms with van der Waals surface area (Å²) in [6, 6.07) is 6.37. The monoisotopic (exact) mass is 512 g/mol. The molecule has 10 nitrogen and oxygen atoms in total. The van der Waals surface area contributed by atoms with Gasteiger partial charge in [-0.15, -0.1) is 0 Å². The van der Waals surface area contributed by atoms with E-state index in [0.717, 1.165) is 25.7 Å². The first-order valence-corrected chi connectivity index (χ1v) is 12.3. The Bertz CT molecular complexity index is 1330. The van der Waals surface area contributed by atoms with Gasteiger partial charge >= 0.3 is 6.01 Å². The first kappa shape index (κ1) is 25.6. The Morgan fingerprint density at radius 2 is 2.08 bits per heavy atom. The molecule has 2 atom stereocenters. The number of amides is 2. The number of methoxy groups -OCH3 is 1. The molecule has 190 valence electrons. The molecule has 0 bridgehead atoms. The molecular formula is C25H29ClN6O4. The molecule has 1 saturated carbocycles. The van der Waals surface area contributed by atoms with E-state index in [0.29, 0.717) is 29.5 Å². The van der Waals surface area contributed by atoms with Gasteiger partial charge in [0.15, 0.2) is 0 Å². The van der Waals surface area contributed by atoms with Crippen LogP contribution in [0.25, 0.3) is 11.0 Å². The van der Waals surface area contributed by atoms with Crippen LogP contribution in [0.3, 0.4) is 0 Å². The van der Waals surface area contributed by atoms with Gasteiger partial charge < -0.3 is 26.1 Å². The summed E-state index contributed by atoms with van der Waals surface area (Å²) in [7, 11) is 1.41. The minimum atomic E-state index is -0.681. The Morgan fingerprint density at radius 3 is 2.86 bits per heavy atom. The van der Waals surface area contributed by atoms with Crippen LogP contribution in [0.2, 0.25) is 5.02 Å². The second-order valence-electron chi connectivity index (χ2n) is 9.01. The van der Waals surface area contributed by atoms with Gasteiger partial charge in [0.1, 0.15) is 11.2 Å². The van der Waals surface area contributed by atoms with Crippen molar-refractivity contribution in [3.8, 4) is 6.01 Å². The maximum Gasteiger partial charge on any atom is 0.318 e. The third kappa shape index (κ3) is 6.19. The predicted molar refractivity (Wildman–Crippen MR) is 138 cm³/mol. The van der Waals surface area contributed by atoms with Gasteiger partial charge in [-0.3, -0.25) is 14.4 Å². The van der Waals surface area contributed by atoms with Crippen molar-refractivity contribution in [2.75, 3.05) is 19.0 Å². The van der Waals surface area contributed by atoms with Crippen molar-refractivity contribution in [2.45, 2.75) is 44.6 Å². The van der Waals surface area contributed by atoms with Gasteiger partial charge in [-0.1, -0.05) is 24.4 Å². The molecule has 4 rings (SSSR count). The van der Waals surface area contributed by atoms with Gasteiger partial charge in [-0.05, 0) is 55.9 Å². The zero-order valence-electron chi connectivity index (χ0n) is 20.0. The molecular weight excluding hydrogens is 484 g/mol. The van der Waals surface area contributed by atoms with Crippen molar-refractivity contribution in [1.82, 2.24) is 20.3 Å². The summed E-state index contributed by atoms with van der Waals surface area (Å²) in [6.07, 6.45) is 7.87. The molecule has 1 aliphatic carbocycles. The number of nitrogens with two attached hydrogens (primary N) is 1. The molecule has 0 spiro atoms. The number of aromatic nitrogens is 3. The van der Waals surface area contributed by atoms with Crippen LogP contribution in [0.15, 0.2) is 35.3 Å². The van der Waals surface area contributed by atoms with E-state index in [1.165, 1.54) is 44.3 Å². The zero-order valence-corrected chi connectivity index (χ0v) is 20.7. The number of hydrogen-bond acceptors (Lipinski definition) is 7. The molecule has 2 amide bonds. The normalized spacial score (nSPS) is 17.5. The fourth-order valence-electron chi connectivity index (χ4n) is 4.49. The van der Waals surface area contributed by atoms with Gasteiger partial charge in [0.2, 0.25) is 0 Å². The number of carbonyl (C=O) groups excluding carboxylic acids is 2. The quantitative estimate of drug-likeness (QED) is 0.338. The highest BCUT2D eigenvalue weighted by molar-refractivity contribution is 6.34. The number of rotatable bonds is 8. The lowest BCUT2D eigenvalue weighted by molar-refractivity contribution is 0.0950. The number of ether oxygens (including phenoxy) is 1. The molecule has 11 heteroatoms. The zero-order chi connectivity index (χ0) is 25.7. The van der Waals surface area contributed by atoms with Crippen LogP contribution >= 0.6 is 11.6 Å². The maximum atomic E-state index is 12.9. The molecule has 5 N–H and O–H groups in total. The molecule has 2 heterocycles. The molecule has 2 unspecified atom stereocenters. The van der Waals surface area contributed by atoms with Crippen LogP contribution in [0.4, 0.5) is 5.69 Å². The number of halogens is 1. The number of nitrogens with zero attached hydrogens (tertiary/aromatic N) is 2. The van der Waals surface area contributed by atoms with Gasteiger partial charge in [-0.25, -0.2) is 4.98 Å². The summed E-state index contributed by atoms with van der Waals surface area (Å²) in [5, 5.41) is 6.22. The summed E-state index contributed by atoms with van der Waals surface area (Å²) in [5.74, 6) is -0.328. The van der Waals surface area contributed by atoms with Crippen molar-refractivity contribution in [3.05, 3.63) is 57.0 Å². The fraction of sp³-hybridized carbons (Fsp3) is 0.400. The van der Waals surface area contributed by atoms with E-state index in [4.69, 9.17) is 22.1 Å². The number of H-pyrrole nitrogens is 1. The third-order valence-electron chi connectivity index (χ3n) is 6.37. The highest BCUT2D eigenvalue weighted by Gasteiger charge is 2.19. The van der Waals surface area contributed by atoms with Crippen LogP contribution in [0.5, 0.6) is 6.01 Å². The Morgan fingerprint density at radius 1 is 1.25 bits per heavy atom. The van der Waals surface area contributed by atoms with Crippen LogP contribution < -0.4 is 26.7 Å². The molecule has 1 fully saturated rings. The van der Waals surface area contributed by atoms with Gasteiger partial charge in [0.05, 0.1) is 17.8 Å². The second kappa shape index (κ2) is 11.5. The van der Waals surface area contributed by atoms with Crippen LogP contribution in [-0.4, -0.2) is 46.5 Å². The molecule has 1 aliphatic rings. The number of benzene rings is 1. The minimum absolute atomic E-state index is 0.0930. The molecule has 1 aromatic carbocycles. The highest BCUT2D eigenvalue weighted by atomic mass is 35.5. The molecule has 36 heavy (non-hydrogen) atoms. The first-order chi connectivity index (χ1) is 17.3. The van der Waals surface area contributed by atoms with E-state index in [-0.39, 0.29) is 33.8 Å². The summed E-state index contributed by atoms with van der Waals surface area (Å²) >= 11 is 6.25. The van der Waals surface area contributed by atoms with E-state index < -0.39 is 11.5 Å². The van der Waals surface area contributed by atoms with Crippen LogP contribution in [0.1, 0.15) is 59.2 Å². The number of hydrogen-bond donors (Lipinski definition) is 4. The number of pyridine rings is 1. The Balaban J connectivity index is 1.39. The van der Waals surface area contributed by atoms with E-state index in [9.17, 15) is 14.4 Å². The topological polar surface area (TPSA) is 152 Å². The SMILES string of the molecule is COc1ncc2cc(C(=O)Nc3cc(C(=O)NCCCC4CCCC(N)C4)ccc3Cl)c(=O)[nH]c2n1. The third-order valence-corrected chi connectivity index (χ3v) is 6.70. The van der Waals surface area contributed by atoms with Gasteiger partial charge in [0.25, 0.3) is 17.4 Å². The summed E-state index contributed by atoms with van der Waals surface area (Å²) < 4.78 is 4.95. The average Bonchev–Trinajstić information content (AvgIpc) is 2.87. The standard InChI is InChI=1S/C25H29ClN6O4/c1-36-25-29-13-16-11-18(24(35)31-21(16)32-25)23(34)30-20-12-15(7-8-19(20)26)22(33)28-9-3-5-14-4-2-6-17(27)10-14/h7-8,11-14,17H,2-6,9-10,27H2,1H3,(H,28,33)(H,30,34)(H,29,31,32,35). The molecule has 3 aromatic rings. The van der Waals surface area contributed by atoms with Crippen molar-refractivity contribution in [2.24, 2.45) is 11.7 Å². The second-order valence-corrected chi connectivity index (χ2v) is 9.42. The lowest BCUT2D eigenvalue weighted by Gasteiger charge is -2.26. The Labute approximate surface area is 213 Å². The van der Waals surface area contributed by atoms with Crippen LogP contribution in [0, 0.1) is 5.92 Å². The number of nitrogens with one attached hydrogen (secondary N) is 3. The van der Waals surface area contributed by atoms with Gasteiger partial charge in [-0.2, -0.15) is 4.98 Å². The van der Waals surface area contributed by atoms with Crippen molar-refractivity contribution in [1.29, 1.82) is 0 Å². The van der Waals surface area contributed by atoms with Gasteiger partial charge in [0, 0.05) is 29.7 Å². The smallest absolute Gasteiger partial charge is 0.318 e. The number of aromatic amines is 1. The maximum absolute atomic E-state index is 12.9. The van der Waals surface area contributed by atoms with Crippen molar-refractivity contribution >= 4 is 40.1 Å². The van der Waals surface area contributed by atoms with E-state index in [1.54, 1.807) is 6.07 Å². The fourth-order valence-corrected chi connectivity index (χ4v) is 4.65. The summed E-state index contributed by atoms with van der Waals surface area (Å²) in [5.41, 5.74) is 6.08. The summed E-state index contributed by atoms with van der Waals surface area (Å²) in [6.45, 7) is 0.550. The van der Waals surface area contributed by atoms with E-state index in [2.05, 4.69) is 25.6 Å². The largest absolute Gasteiger partial charge is 0.467 e. The first-order valence-electron chi connectivity index (χ1n) is 11.9. The Hall–Kier alpha value is -3.50. The average molecular weight is 513 g/mol. The van der Waals surface area contributed by atoms with E-state index >= 15 is 0 Å². The van der Waals surface area contributed by atoms with Crippen molar-refractivity contribution in [3.63, 3.8) is 0 Å². The number of carbonyl (C=O) groups is 2. The molecule has 0 saturated heterocycles.